The highest BCUT2D eigenvalue weighted by molar-refractivity contribution is 5.16. The lowest BCUT2D eigenvalue weighted by molar-refractivity contribution is 0.141. The van der Waals surface area contributed by atoms with E-state index in [0.717, 1.165) is 18.9 Å². The molecule has 0 aromatic heterocycles. The van der Waals surface area contributed by atoms with Gasteiger partial charge in [-0.1, -0.05) is 30.3 Å². The molecule has 1 saturated carbocycles. The first-order chi connectivity index (χ1) is 8.25. The average Bonchev–Trinajstić information content (AvgIpc) is 3.14. The molecule has 1 aromatic rings. The highest BCUT2D eigenvalue weighted by Crippen LogP contribution is 2.27. The van der Waals surface area contributed by atoms with Gasteiger partial charge in [-0.15, -0.1) is 0 Å². The van der Waals surface area contributed by atoms with Crippen LogP contribution in [0.5, 0.6) is 0 Å². The lowest BCUT2D eigenvalue weighted by Gasteiger charge is -2.19. The molecule has 0 radical (unpaired) electrons. The van der Waals surface area contributed by atoms with Crippen molar-refractivity contribution < 1.29 is 5.11 Å². The molecule has 1 aliphatic rings. The maximum Gasteiger partial charge on any atom is 0.0818 e. The van der Waals surface area contributed by atoms with Gasteiger partial charge in [-0.05, 0) is 37.3 Å². The molecule has 1 aliphatic carbocycles. The highest BCUT2D eigenvalue weighted by Gasteiger charge is 2.21. The van der Waals surface area contributed by atoms with Crippen LogP contribution in [0, 0.1) is 5.92 Å². The maximum atomic E-state index is 9.92. The summed E-state index contributed by atoms with van der Waals surface area (Å²) in [6, 6.07) is 9.89. The van der Waals surface area contributed by atoms with E-state index < -0.39 is 6.10 Å². The lowest BCUT2D eigenvalue weighted by Crippen LogP contribution is -2.43. The summed E-state index contributed by atoms with van der Waals surface area (Å²) in [5.41, 5.74) is 7.17. The highest BCUT2D eigenvalue weighted by atomic mass is 16.3. The van der Waals surface area contributed by atoms with Gasteiger partial charge in [0.15, 0.2) is 0 Å². The smallest absolute Gasteiger partial charge is 0.0818 e. The van der Waals surface area contributed by atoms with Crippen LogP contribution in [0.4, 0.5) is 0 Å². The summed E-state index contributed by atoms with van der Waals surface area (Å²) in [7, 11) is 0. The fourth-order valence-electron chi connectivity index (χ4n) is 1.93. The quantitative estimate of drug-likeness (QED) is 0.657. The number of rotatable bonds is 7. The Hall–Kier alpha value is -0.900. The summed E-state index contributed by atoms with van der Waals surface area (Å²) in [5, 5.41) is 13.2. The summed E-state index contributed by atoms with van der Waals surface area (Å²) in [6.07, 6.45) is 2.93. The number of hydrogen-bond donors (Lipinski definition) is 3. The summed E-state index contributed by atoms with van der Waals surface area (Å²) in [5.74, 6) is 0.840. The summed E-state index contributed by atoms with van der Waals surface area (Å²) in [4.78, 5) is 0. The van der Waals surface area contributed by atoms with Gasteiger partial charge in [-0.25, -0.2) is 0 Å². The first kappa shape index (κ1) is 12.6. The SMILES string of the molecule is N[C@H](Cc1ccccc1)[C@@H](O)CNCC1CC1. The molecular weight excluding hydrogens is 212 g/mol. The third-order valence-corrected chi connectivity index (χ3v) is 3.29. The molecule has 0 aliphatic heterocycles. The van der Waals surface area contributed by atoms with Gasteiger partial charge in [0, 0.05) is 12.6 Å². The Bertz CT molecular complexity index is 324. The Balaban J connectivity index is 1.68. The average molecular weight is 234 g/mol. The molecule has 17 heavy (non-hydrogen) atoms. The van der Waals surface area contributed by atoms with Crippen LogP contribution in [0.1, 0.15) is 18.4 Å². The Kier molecular flexibility index (Phi) is 4.54. The van der Waals surface area contributed by atoms with E-state index in [1.54, 1.807) is 0 Å². The maximum absolute atomic E-state index is 9.92. The zero-order valence-corrected chi connectivity index (χ0v) is 10.2. The zero-order valence-electron chi connectivity index (χ0n) is 10.2. The first-order valence-electron chi connectivity index (χ1n) is 6.44. The first-order valence-corrected chi connectivity index (χ1v) is 6.44. The standard InChI is InChI=1S/C14H22N2O/c15-13(8-11-4-2-1-3-5-11)14(17)10-16-9-12-6-7-12/h1-5,12-14,16-17H,6-10,15H2/t13-,14+/m1/s1. The van der Waals surface area contributed by atoms with Crippen molar-refractivity contribution in [3.8, 4) is 0 Å². The summed E-state index contributed by atoms with van der Waals surface area (Å²) >= 11 is 0. The van der Waals surface area contributed by atoms with Crippen LogP contribution in [-0.2, 0) is 6.42 Å². The number of aliphatic hydroxyl groups excluding tert-OH is 1. The molecule has 3 heteroatoms. The van der Waals surface area contributed by atoms with E-state index in [1.165, 1.54) is 18.4 Å². The second-order valence-electron chi connectivity index (χ2n) is 5.02. The van der Waals surface area contributed by atoms with Crippen LogP contribution in [0.2, 0.25) is 0 Å². The van der Waals surface area contributed by atoms with Gasteiger partial charge in [-0.3, -0.25) is 0 Å². The van der Waals surface area contributed by atoms with Crippen LogP contribution < -0.4 is 11.1 Å². The Morgan fingerprint density at radius 2 is 2.00 bits per heavy atom. The van der Waals surface area contributed by atoms with Crippen molar-refractivity contribution in [3.05, 3.63) is 35.9 Å². The number of nitrogens with one attached hydrogen (secondary N) is 1. The van der Waals surface area contributed by atoms with Gasteiger partial charge in [0.05, 0.1) is 6.10 Å². The molecular formula is C14H22N2O. The number of benzene rings is 1. The van der Waals surface area contributed by atoms with Gasteiger partial charge >= 0.3 is 0 Å². The molecule has 1 aromatic carbocycles. The molecule has 1 fully saturated rings. The monoisotopic (exact) mass is 234 g/mol. The van der Waals surface area contributed by atoms with Crippen molar-refractivity contribution in [2.75, 3.05) is 13.1 Å². The predicted octanol–water partition coefficient (Wildman–Crippen LogP) is 0.917. The van der Waals surface area contributed by atoms with Gasteiger partial charge in [-0.2, -0.15) is 0 Å². The van der Waals surface area contributed by atoms with Crippen molar-refractivity contribution in [1.82, 2.24) is 5.32 Å². The molecule has 0 bridgehead atoms. The van der Waals surface area contributed by atoms with Crippen LogP contribution >= 0.6 is 0 Å². The van der Waals surface area contributed by atoms with Gasteiger partial charge < -0.3 is 16.2 Å². The summed E-state index contributed by atoms with van der Waals surface area (Å²) in [6.45, 7) is 1.62. The van der Waals surface area contributed by atoms with Crippen molar-refractivity contribution in [3.63, 3.8) is 0 Å². The second-order valence-corrected chi connectivity index (χ2v) is 5.02. The molecule has 0 unspecified atom stereocenters. The topological polar surface area (TPSA) is 58.3 Å². The second kappa shape index (κ2) is 6.15. The van der Waals surface area contributed by atoms with E-state index in [9.17, 15) is 5.11 Å². The van der Waals surface area contributed by atoms with Crippen molar-refractivity contribution >= 4 is 0 Å². The minimum absolute atomic E-state index is 0.191. The van der Waals surface area contributed by atoms with E-state index in [4.69, 9.17) is 5.73 Å². The molecule has 0 amide bonds. The normalized spacial score (nSPS) is 18.9. The van der Waals surface area contributed by atoms with Crippen molar-refractivity contribution in [2.45, 2.75) is 31.4 Å². The van der Waals surface area contributed by atoms with Crippen molar-refractivity contribution in [2.24, 2.45) is 11.7 Å². The fraction of sp³-hybridized carbons (Fsp3) is 0.571. The molecule has 2 rings (SSSR count). The zero-order chi connectivity index (χ0) is 12.1. The number of aliphatic hydroxyl groups is 1. The number of hydrogen-bond acceptors (Lipinski definition) is 3. The minimum Gasteiger partial charge on any atom is -0.390 e. The molecule has 0 spiro atoms. The van der Waals surface area contributed by atoms with Gasteiger partial charge in [0.2, 0.25) is 0 Å². The molecule has 4 N–H and O–H groups in total. The third kappa shape index (κ3) is 4.46. The van der Waals surface area contributed by atoms with Crippen LogP contribution in [0.3, 0.4) is 0 Å². The van der Waals surface area contributed by atoms with E-state index in [1.807, 2.05) is 30.3 Å². The molecule has 3 nitrogen and oxygen atoms in total. The minimum atomic E-state index is -0.464. The summed E-state index contributed by atoms with van der Waals surface area (Å²) < 4.78 is 0. The van der Waals surface area contributed by atoms with E-state index >= 15 is 0 Å². The van der Waals surface area contributed by atoms with E-state index in [2.05, 4.69) is 5.32 Å². The van der Waals surface area contributed by atoms with Crippen LogP contribution in [0.15, 0.2) is 30.3 Å². The fourth-order valence-corrected chi connectivity index (χ4v) is 1.93. The molecule has 94 valence electrons. The third-order valence-electron chi connectivity index (χ3n) is 3.29. The van der Waals surface area contributed by atoms with Gasteiger partial charge in [0.1, 0.15) is 0 Å². The molecule has 0 heterocycles. The Morgan fingerprint density at radius 3 is 2.65 bits per heavy atom. The van der Waals surface area contributed by atoms with Crippen LogP contribution in [-0.4, -0.2) is 30.3 Å². The van der Waals surface area contributed by atoms with E-state index in [-0.39, 0.29) is 6.04 Å². The predicted molar refractivity (Wildman–Crippen MR) is 69.7 cm³/mol. The molecule has 2 atom stereocenters. The van der Waals surface area contributed by atoms with E-state index in [0.29, 0.717) is 6.54 Å². The lowest BCUT2D eigenvalue weighted by atomic mass is 10.0. The Labute approximate surface area is 103 Å². The van der Waals surface area contributed by atoms with Crippen molar-refractivity contribution in [1.29, 1.82) is 0 Å². The Morgan fingerprint density at radius 1 is 1.29 bits per heavy atom. The molecule has 0 saturated heterocycles. The van der Waals surface area contributed by atoms with Gasteiger partial charge in [0.25, 0.3) is 0 Å². The number of nitrogens with two attached hydrogens (primary N) is 1. The largest absolute Gasteiger partial charge is 0.390 e. The van der Waals surface area contributed by atoms with Crippen LogP contribution in [0.25, 0.3) is 0 Å².